The first-order chi connectivity index (χ1) is 9.11. The number of aromatic amines is 1. The molecule has 2 heterocycles. The van der Waals surface area contributed by atoms with E-state index in [4.69, 9.17) is 5.73 Å². The molecule has 0 aliphatic heterocycles. The summed E-state index contributed by atoms with van der Waals surface area (Å²) in [6, 6.07) is 3.72. The van der Waals surface area contributed by atoms with Gasteiger partial charge in [0.2, 0.25) is 0 Å². The number of hydrogen-bond acceptors (Lipinski definition) is 6. The van der Waals surface area contributed by atoms with Crippen LogP contribution >= 0.6 is 11.8 Å². The average Bonchev–Trinajstić information content (AvgIpc) is 2.42. The van der Waals surface area contributed by atoms with Crippen LogP contribution in [0.25, 0.3) is 0 Å². The van der Waals surface area contributed by atoms with Gasteiger partial charge in [-0.15, -0.1) is 0 Å². The van der Waals surface area contributed by atoms with Gasteiger partial charge < -0.3 is 5.73 Å². The molecule has 0 saturated heterocycles. The van der Waals surface area contributed by atoms with Crippen LogP contribution in [0.1, 0.15) is 10.8 Å². The van der Waals surface area contributed by atoms with Gasteiger partial charge in [-0.1, -0.05) is 17.8 Å². The van der Waals surface area contributed by atoms with Crippen molar-refractivity contribution in [1.29, 1.82) is 0 Å². The predicted molar refractivity (Wildman–Crippen MR) is 72.0 cm³/mol. The van der Waals surface area contributed by atoms with Gasteiger partial charge in [0, 0.05) is 26.0 Å². The molecule has 0 aliphatic rings. The Morgan fingerprint density at radius 3 is 2.95 bits per heavy atom. The Kier molecular flexibility index (Phi) is 4.13. The van der Waals surface area contributed by atoms with Gasteiger partial charge in [0.05, 0.1) is 5.25 Å². The van der Waals surface area contributed by atoms with Gasteiger partial charge in [0.1, 0.15) is 0 Å². The van der Waals surface area contributed by atoms with Crippen molar-refractivity contribution in [3.63, 3.8) is 0 Å². The number of pyridine rings is 1. The van der Waals surface area contributed by atoms with E-state index in [1.165, 1.54) is 16.4 Å². The molecule has 19 heavy (non-hydrogen) atoms. The smallest absolute Gasteiger partial charge is 0.329 e. The molecule has 1 unspecified atom stereocenters. The molecule has 0 spiro atoms. The molecular formula is C11H13N5O2S. The summed E-state index contributed by atoms with van der Waals surface area (Å²) >= 11 is 1.31. The first-order valence-electron chi connectivity index (χ1n) is 5.56. The summed E-state index contributed by atoms with van der Waals surface area (Å²) in [5.74, 6) is 0. The summed E-state index contributed by atoms with van der Waals surface area (Å²) in [6.45, 7) is 0.366. The zero-order chi connectivity index (χ0) is 13.8. The highest BCUT2D eigenvalue weighted by molar-refractivity contribution is 7.99. The fourth-order valence-corrected chi connectivity index (χ4v) is 2.48. The van der Waals surface area contributed by atoms with Crippen molar-refractivity contribution in [3.05, 3.63) is 50.8 Å². The van der Waals surface area contributed by atoms with Crippen LogP contribution < -0.4 is 16.9 Å². The van der Waals surface area contributed by atoms with E-state index in [1.807, 2.05) is 12.1 Å². The Hall–Kier alpha value is -1.93. The van der Waals surface area contributed by atoms with E-state index < -0.39 is 11.1 Å². The van der Waals surface area contributed by atoms with Crippen LogP contribution in [0.15, 0.2) is 39.3 Å². The van der Waals surface area contributed by atoms with Gasteiger partial charge in [-0.05, 0) is 11.6 Å². The number of nitrogens with one attached hydrogen (secondary N) is 1. The molecule has 0 amide bonds. The predicted octanol–water partition coefficient (Wildman–Crippen LogP) is -0.344. The fraction of sp³-hybridized carbons (Fsp3) is 0.273. The van der Waals surface area contributed by atoms with Gasteiger partial charge in [-0.25, -0.2) is 0 Å². The highest BCUT2D eigenvalue weighted by atomic mass is 32.2. The lowest BCUT2D eigenvalue weighted by Gasteiger charge is -2.14. The average molecular weight is 279 g/mol. The second kappa shape index (κ2) is 5.81. The lowest BCUT2D eigenvalue weighted by Crippen LogP contribution is -2.34. The van der Waals surface area contributed by atoms with Gasteiger partial charge >= 0.3 is 11.1 Å². The summed E-state index contributed by atoms with van der Waals surface area (Å²) in [5.41, 5.74) is 5.13. The van der Waals surface area contributed by atoms with Crippen molar-refractivity contribution >= 4 is 11.8 Å². The van der Waals surface area contributed by atoms with Crippen LogP contribution in [-0.2, 0) is 7.05 Å². The molecule has 7 nitrogen and oxygen atoms in total. The molecular weight excluding hydrogens is 266 g/mol. The minimum Gasteiger partial charge on any atom is -0.329 e. The number of nitrogens with zero attached hydrogens (tertiary/aromatic N) is 3. The topological polar surface area (TPSA) is 107 Å². The molecule has 0 bridgehead atoms. The van der Waals surface area contributed by atoms with Crippen molar-refractivity contribution in [3.8, 4) is 0 Å². The second-order valence-corrected chi connectivity index (χ2v) is 5.00. The minimum atomic E-state index is -0.803. The monoisotopic (exact) mass is 279 g/mol. The summed E-state index contributed by atoms with van der Waals surface area (Å²) in [4.78, 5) is 30.2. The minimum absolute atomic E-state index is 0.0855. The van der Waals surface area contributed by atoms with Crippen LogP contribution in [0.2, 0.25) is 0 Å². The number of thioether (sulfide) groups is 1. The quantitative estimate of drug-likeness (QED) is 0.585. The van der Waals surface area contributed by atoms with Crippen LogP contribution in [0.5, 0.6) is 0 Å². The number of aryl methyl sites for hydroxylation is 1. The van der Waals surface area contributed by atoms with Crippen LogP contribution in [-0.4, -0.2) is 26.3 Å². The lowest BCUT2D eigenvalue weighted by atomic mass is 10.2. The zero-order valence-corrected chi connectivity index (χ0v) is 11.1. The van der Waals surface area contributed by atoms with Gasteiger partial charge in [-0.3, -0.25) is 24.4 Å². The third kappa shape index (κ3) is 3.09. The molecule has 0 fully saturated rings. The highest BCUT2D eigenvalue weighted by Crippen LogP contribution is 2.31. The largest absolute Gasteiger partial charge is 0.339 e. The Labute approximate surface area is 112 Å². The molecule has 0 aromatic carbocycles. The summed E-state index contributed by atoms with van der Waals surface area (Å²) in [5, 5.41) is 2.72. The number of hydrogen-bond donors (Lipinski definition) is 2. The summed E-state index contributed by atoms with van der Waals surface area (Å²) in [7, 11) is 1.62. The Morgan fingerprint density at radius 1 is 1.53 bits per heavy atom. The van der Waals surface area contributed by atoms with E-state index in [2.05, 4.69) is 15.1 Å². The Morgan fingerprint density at radius 2 is 2.32 bits per heavy atom. The van der Waals surface area contributed by atoms with Crippen molar-refractivity contribution in [2.45, 2.75) is 10.4 Å². The first kappa shape index (κ1) is 13.5. The van der Waals surface area contributed by atoms with E-state index in [-0.39, 0.29) is 5.25 Å². The molecule has 1 atom stereocenters. The van der Waals surface area contributed by atoms with Gasteiger partial charge in [-0.2, -0.15) is 4.98 Å². The van der Waals surface area contributed by atoms with Crippen molar-refractivity contribution in [1.82, 2.24) is 19.7 Å². The molecule has 100 valence electrons. The maximum absolute atomic E-state index is 11.3. The number of H-pyrrole nitrogens is 1. The third-order valence-corrected chi connectivity index (χ3v) is 3.79. The first-order valence-corrected chi connectivity index (χ1v) is 6.43. The molecule has 0 radical (unpaired) electrons. The third-order valence-electron chi connectivity index (χ3n) is 2.47. The maximum atomic E-state index is 11.3. The SMILES string of the molecule is Cn1[nH]c(=O)c(=O)nc1SC(CN)c1cccnc1. The number of nitrogens with two attached hydrogens (primary N) is 1. The van der Waals surface area contributed by atoms with E-state index in [1.54, 1.807) is 19.4 Å². The van der Waals surface area contributed by atoms with E-state index in [0.29, 0.717) is 11.7 Å². The lowest BCUT2D eigenvalue weighted by molar-refractivity contribution is 0.595. The van der Waals surface area contributed by atoms with E-state index in [0.717, 1.165) is 5.56 Å². The second-order valence-electron chi connectivity index (χ2n) is 3.83. The molecule has 8 heteroatoms. The molecule has 3 N–H and O–H groups in total. The van der Waals surface area contributed by atoms with Crippen molar-refractivity contribution in [2.75, 3.05) is 6.54 Å². The molecule has 2 rings (SSSR count). The maximum Gasteiger partial charge on any atom is 0.339 e. The molecule has 0 saturated carbocycles. The standard InChI is InChI=1S/C11H13N5O2S/c1-16-11(14-9(17)10(18)15-16)19-8(5-12)7-3-2-4-13-6-7/h2-4,6,8H,5,12H2,1H3,(H,15,18). The van der Waals surface area contributed by atoms with E-state index in [9.17, 15) is 9.59 Å². The summed E-state index contributed by atoms with van der Waals surface area (Å²) < 4.78 is 1.41. The normalized spacial score (nSPS) is 12.3. The molecule has 2 aromatic rings. The van der Waals surface area contributed by atoms with Crippen LogP contribution in [0.4, 0.5) is 0 Å². The molecule has 0 aliphatic carbocycles. The Bertz CT molecular complexity index is 667. The van der Waals surface area contributed by atoms with Crippen LogP contribution in [0, 0.1) is 0 Å². The fourth-order valence-electron chi connectivity index (χ4n) is 1.51. The number of rotatable bonds is 4. The summed E-state index contributed by atoms with van der Waals surface area (Å²) in [6.07, 6.45) is 3.39. The van der Waals surface area contributed by atoms with Crippen molar-refractivity contribution in [2.24, 2.45) is 12.8 Å². The van der Waals surface area contributed by atoms with Crippen molar-refractivity contribution < 1.29 is 0 Å². The number of aromatic nitrogens is 4. The van der Waals surface area contributed by atoms with Gasteiger partial charge in [0.15, 0.2) is 5.16 Å². The zero-order valence-electron chi connectivity index (χ0n) is 10.2. The van der Waals surface area contributed by atoms with E-state index >= 15 is 0 Å². The highest BCUT2D eigenvalue weighted by Gasteiger charge is 2.15. The Balaban J connectivity index is 2.32. The van der Waals surface area contributed by atoms with Gasteiger partial charge in [0.25, 0.3) is 0 Å². The molecule has 2 aromatic heterocycles. The van der Waals surface area contributed by atoms with Crippen LogP contribution in [0.3, 0.4) is 0 Å².